The van der Waals surface area contributed by atoms with Gasteiger partial charge in [0, 0.05) is 23.2 Å². The summed E-state index contributed by atoms with van der Waals surface area (Å²) >= 11 is 0. The van der Waals surface area contributed by atoms with Crippen molar-refractivity contribution in [1.29, 1.82) is 5.41 Å². The molecule has 0 aliphatic heterocycles. The lowest BCUT2D eigenvalue weighted by Gasteiger charge is -2.60. The lowest BCUT2D eigenvalue weighted by molar-refractivity contribution is -0.0292. The van der Waals surface area contributed by atoms with Gasteiger partial charge in [0.2, 0.25) is 0 Å². The van der Waals surface area contributed by atoms with Crippen molar-refractivity contribution in [1.82, 2.24) is 10.6 Å². The summed E-state index contributed by atoms with van der Waals surface area (Å²) in [5.41, 5.74) is 13.5. The van der Waals surface area contributed by atoms with Crippen molar-refractivity contribution in [3.8, 4) is 0 Å². The molecule has 5 heteroatoms. The fraction of sp³-hybridized carbons (Fsp3) is 0.952. The molecule has 4 unspecified atom stereocenters. The van der Waals surface area contributed by atoms with Crippen molar-refractivity contribution >= 4 is 5.96 Å². The molecule has 4 atom stereocenters. The first-order valence-electron chi connectivity index (χ1n) is 11.1. The third-order valence-corrected chi connectivity index (χ3v) is 9.26. The fourth-order valence-electron chi connectivity index (χ4n) is 9.02. The molecule has 7 N–H and O–H groups in total. The summed E-state index contributed by atoms with van der Waals surface area (Å²) in [5, 5.41) is 15.9. The molecule has 144 valence electrons. The van der Waals surface area contributed by atoms with Crippen molar-refractivity contribution < 1.29 is 0 Å². The second kappa shape index (κ2) is 5.16. The lowest BCUT2D eigenvalue weighted by atomic mass is 9.51. The summed E-state index contributed by atoms with van der Waals surface area (Å²) in [7, 11) is 0. The summed E-state index contributed by atoms with van der Waals surface area (Å²) in [5.74, 6) is 5.00. The molecule has 0 radical (unpaired) electrons. The van der Waals surface area contributed by atoms with E-state index in [0.717, 1.165) is 37.5 Å². The van der Waals surface area contributed by atoms with Crippen molar-refractivity contribution in [3.63, 3.8) is 0 Å². The Hall–Kier alpha value is -0.810. The topological polar surface area (TPSA) is 100.0 Å². The number of rotatable bonds is 2. The van der Waals surface area contributed by atoms with Gasteiger partial charge < -0.3 is 22.1 Å². The third kappa shape index (κ3) is 2.39. The van der Waals surface area contributed by atoms with Crippen molar-refractivity contribution in [2.45, 2.75) is 87.4 Å². The second-order valence-corrected chi connectivity index (χ2v) is 11.4. The van der Waals surface area contributed by atoms with Gasteiger partial charge in [-0.3, -0.25) is 5.41 Å². The van der Waals surface area contributed by atoms with E-state index in [1.807, 2.05) is 0 Å². The molecule has 0 heterocycles. The standard InChI is InChI=1S/C21H35N5/c22-19(25-17-13-1-11-2-14(17)8-20(23,5-11)7-13)26-18-15-3-12-4-16(18)10-21(24,6-12)9-15/h11-18H,1-10,23-24H2,(H3,22,25,26). The number of hydrogen-bond donors (Lipinski definition) is 5. The second-order valence-electron chi connectivity index (χ2n) is 11.4. The molecule has 8 bridgehead atoms. The maximum atomic E-state index is 8.66. The molecule has 8 aliphatic carbocycles. The van der Waals surface area contributed by atoms with Crippen LogP contribution in [0.3, 0.4) is 0 Å². The van der Waals surface area contributed by atoms with Crippen LogP contribution in [-0.2, 0) is 0 Å². The molecular formula is C21H35N5. The normalized spacial score (nSPS) is 58.8. The van der Waals surface area contributed by atoms with E-state index in [1.165, 1.54) is 38.5 Å². The van der Waals surface area contributed by atoms with Gasteiger partial charge in [-0.25, -0.2) is 0 Å². The average molecular weight is 358 g/mol. The van der Waals surface area contributed by atoms with Crippen LogP contribution in [0.1, 0.15) is 64.2 Å². The minimum absolute atomic E-state index is 0.112. The molecule has 0 aromatic carbocycles. The molecule has 0 aromatic heterocycles. The Morgan fingerprint density at radius 1 is 0.654 bits per heavy atom. The maximum Gasteiger partial charge on any atom is 0.188 e. The van der Waals surface area contributed by atoms with Gasteiger partial charge in [-0.05, 0) is 99.7 Å². The van der Waals surface area contributed by atoms with E-state index >= 15 is 0 Å². The van der Waals surface area contributed by atoms with Crippen molar-refractivity contribution in [2.75, 3.05) is 0 Å². The van der Waals surface area contributed by atoms with Crippen LogP contribution in [0.4, 0.5) is 0 Å². The number of hydrogen-bond acceptors (Lipinski definition) is 3. The highest BCUT2D eigenvalue weighted by Gasteiger charge is 2.55. The highest BCUT2D eigenvalue weighted by Crippen LogP contribution is 2.56. The SMILES string of the molecule is N=C(NC1C2CC3CC1CC(N)(C3)C2)NC1C2CC3CC1CC(N)(C3)C2. The zero-order valence-corrected chi connectivity index (χ0v) is 15.8. The van der Waals surface area contributed by atoms with E-state index in [-0.39, 0.29) is 11.1 Å². The molecule has 8 aliphatic rings. The van der Waals surface area contributed by atoms with Crippen LogP contribution in [0.5, 0.6) is 0 Å². The Kier molecular flexibility index (Phi) is 3.21. The monoisotopic (exact) mass is 357 g/mol. The minimum Gasteiger partial charge on any atom is -0.353 e. The van der Waals surface area contributed by atoms with Gasteiger partial charge in [-0.1, -0.05) is 0 Å². The minimum atomic E-state index is 0.112. The molecule has 8 saturated carbocycles. The molecule has 0 spiro atoms. The highest BCUT2D eigenvalue weighted by molar-refractivity contribution is 5.77. The van der Waals surface area contributed by atoms with E-state index in [9.17, 15) is 0 Å². The maximum absolute atomic E-state index is 8.66. The zero-order chi connectivity index (χ0) is 17.7. The van der Waals surface area contributed by atoms with Crippen LogP contribution < -0.4 is 22.1 Å². The van der Waals surface area contributed by atoms with E-state index < -0.39 is 0 Å². The van der Waals surface area contributed by atoms with Crippen LogP contribution in [0.25, 0.3) is 0 Å². The van der Waals surface area contributed by atoms with Crippen molar-refractivity contribution in [2.24, 2.45) is 47.0 Å². The van der Waals surface area contributed by atoms with Crippen LogP contribution >= 0.6 is 0 Å². The summed E-state index contributed by atoms with van der Waals surface area (Å²) in [6.07, 6.45) is 12.4. The summed E-state index contributed by atoms with van der Waals surface area (Å²) < 4.78 is 0. The Morgan fingerprint density at radius 2 is 1.00 bits per heavy atom. The summed E-state index contributed by atoms with van der Waals surface area (Å²) in [6, 6.07) is 0.946. The van der Waals surface area contributed by atoms with Gasteiger partial charge in [-0.2, -0.15) is 0 Å². The molecule has 26 heavy (non-hydrogen) atoms. The Labute approximate surface area is 156 Å². The number of nitrogens with one attached hydrogen (secondary N) is 3. The molecule has 8 fully saturated rings. The van der Waals surface area contributed by atoms with Gasteiger partial charge >= 0.3 is 0 Å². The largest absolute Gasteiger partial charge is 0.353 e. The highest BCUT2D eigenvalue weighted by atomic mass is 15.2. The Morgan fingerprint density at radius 3 is 1.31 bits per heavy atom. The fourth-order valence-corrected chi connectivity index (χ4v) is 9.02. The quantitative estimate of drug-likeness (QED) is 0.385. The van der Waals surface area contributed by atoms with E-state index in [1.54, 1.807) is 0 Å². The predicted octanol–water partition coefficient (Wildman–Crippen LogP) is 1.91. The predicted molar refractivity (Wildman–Crippen MR) is 103 cm³/mol. The summed E-state index contributed by atoms with van der Waals surface area (Å²) in [6.45, 7) is 0. The van der Waals surface area contributed by atoms with Gasteiger partial charge in [0.25, 0.3) is 0 Å². The van der Waals surface area contributed by atoms with E-state index in [2.05, 4.69) is 10.6 Å². The Balaban J connectivity index is 1.13. The molecule has 0 aromatic rings. The number of nitrogens with two attached hydrogens (primary N) is 2. The first-order chi connectivity index (χ1) is 12.4. The molecule has 0 saturated heterocycles. The van der Waals surface area contributed by atoms with Crippen LogP contribution in [0.2, 0.25) is 0 Å². The van der Waals surface area contributed by atoms with Crippen LogP contribution in [-0.4, -0.2) is 29.1 Å². The first-order valence-corrected chi connectivity index (χ1v) is 11.1. The third-order valence-electron chi connectivity index (χ3n) is 9.26. The molecule has 8 rings (SSSR count). The number of guanidine groups is 1. The zero-order valence-electron chi connectivity index (χ0n) is 15.8. The molecule has 0 amide bonds. The smallest absolute Gasteiger partial charge is 0.188 e. The van der Waals surface area contributed by atoms with Gasteiger partial charge in [0.15, 0.2) is 5.96 Å². The first kappa shape index (κ1) is 16.2. The lowest BCUT2D eigenvalue weighted by Crippen LogP contribution is -2.68. The molecule has 5 nitrogen and oxygen atoms in total. The van der Waals surface area contributed by atoms with Gasteiger partial charge in [0.1, 0.15) is 0 Å². The van der Waals surface area contributed by atoms with E-state index in [0.29, 0.717) is 41.7 Å². The van der Waals surface area contributed by atoms with E-state index in [4.69, 9.17) is 16.9 Å². The van der Waals surface area contributed by atoms with Gasteiger partial charge in [0.05, 0.1) is 0 Å². The van der Waals surface area contributed by atoms with Gasteiger partial charge in [-0.15, -0.1) is 0 Å². The van der Waals surface area contributed by atoms with Crippen molar-refractivity contribution in [3.05, 3.63) is 0 Å². The Bertz CT molecular complexity index is 548. The molecular weight excluding hydrogens is 322 g/mol. The van der Waals surface area contributed by atoms with Crippen LogP contribution in [0, 0.1) is 40.9 Å². The van der Waals surface area contributed by atoms with Crippen LogP contribution in [0.15, 0.2) is 0 Å². The summed E-state index contributed by atoms with van der Waals surface area (Å²) in [4.78, 5) is 0. The average Bonchev–Trinajstić information content (AvgIpc) is 2.51.